The number of carbonyl (C=O) groups is 1. The predicted molar refractivity (Wildman–Crippen MR) is 76.3 cm³/mol. The SMILES string of the molecule is O=C(Nc1cccnn1)C1CCCN1C1CCNCC1. The molecule has 20 heavy (non-hydrogen) atoms. The number of aromatic nitrogens is 2. The number of anilines is 1. The number of rotatable bonds is 3. The number of nitrogens with zero attached hydrogens (tertiary/aromatic N) is 3. The van der Waals surface area contributed by atoms with Crippen molar-refractivity contribution in [3.8, 4) is 0 Å². The average molecular weight is 275 g/mol. The first-order valence-corrected chi connectivity index (χ1v) is 7.39. The van der Waals surface area contributed by atoms with Crippen LogP contribution in [0.3, 0.4) is 0 Å². The molecule has 2 N–H and O–H groups in total. The number of nitrogens with one attached hydrogen (secondary N) is 2. The smallest absolute Gasteiger partial charge is 0.242 e. The quantitative estimate of drug-likeness (QED) is 0.847. The Morgan fingerprint density at radius 2 is 2.20 bits per heavy atom. The fourth-order valence-electron chi connectivity index (χ4n) is 3.22. The van der Waals surface area contributed by atoms with Crippen LogP contribution in [0.2, 0.25) is 0 Å². The van der Waals surface area contributed by atoms with Crippen LogP contribution >= 0.6 is 0 Å². The number of carbonyl (C=O) groups excluding carboxylic acids is 1. The lowest BCUT2D eigenvalue weighted by Gasteiger charge is -2.35. The first kappa shape index (κ1) is 13.5. The maximum atomic E-state index is 12.4. The Balaban J connectivity index is 1.64. The second kappa shape index (κ2) is 6.28. The molecule has 1 unspecified atom stereocenters. The van der Waals surface area contributed by atoms with Crippen LogP contribution in [-0.2, 0) is 4.79 Å². The van der Waals surface area contributed by atoms with E-state index in [1.54, 1.807) is 18.3 Å². The molecule has 6 heteroatoms. The van der Waals surface area contributed by atoms with Crippen molar-refractivity contribution >= 4 is 11.7 Å². The van der Waals surface area contributed by atoms with Gasteiger partial charge in [0.25, 0.3) is 0 Å². The van der Waals surface area contributed by atoms with E-state index in [9.17, 15) is 4.79 Å². The number of piperidine rings is 1. The molecule has 0 bridgehead atoms. The summed E-state index contributed by atoms with van der Waals surface area (Å²) in [5, 5.41) is 14.0. The molecule has 0 aliphatic carbocycles. The summed E-state index contributed by atoms with van der Waals surface area (Å²) in [6.45, 7) is 3.14. The molecule has 1 amide bonds. The Hall–Kier alpha value is -1.53. The highest BCUT2D eigenvalue weighted by Crippen LogP contribution is 2.25. The van der Waals surface area contributed by atoms with Crippen molar-refractivity contribution in [2.24, 2.45) is 0 Å². The van der Waals surface area contributed by atoms with Crippen molar-refractivity contribution in [3.63, 3.8) is 0 Å². The molecule has 2 aliphatic heterocycles. The van der Waals surface area contributed by atoms with Gasteiger partial charge in [-0.3, -0.25) is 9.69 Å². The van der Waals surface area contributed by atoms with E-state index >= 15 is 0 Å². The summed E-state index contributed by atoms with van der Waals surface area (Å²) in [6, 6.07) is 4.08. The molecular weight excluding hydrogens is 254 g/mol. The lowest BCUT2D eigenvalue weighted by molar-refractivity contribution is -0.121. The molecule has 6 nitrogen and oxygen atoms in total. The first-order valence-electron chi connectivity index (χ1n) is 7.39. The third-order valence-corrected chi connectivity index (χ3v) is 4.20. The lowest BCUT2D eigenvalue weighted by atomic mass is 10.0. The van der Waals surface area contributed by atoms with Gasteiger partial charge in [0.2, 0.25) is 5.91 Å². The first-order chi connectivity index (χ1) is 9.84. The lowest BCUT2D eigenvalue weighted by Crippen LogP contribution is -2.49. The molecule has 3 rings (SSSR count). The van der Waals surface area contributed by atoms with Gasteiger partial charge >= 0.3 is 0 Å². The second-order valence-corrected chi connectivity index (χ2v) is 5.48. The van der Waals surface area contributed by atoms with Gasteiger partial charge in [-0.1, -0.05) is 0 Å². The van der Waals surface area contributed by atoms with Crippen molar-refractivity contribution in [2.45, 2.75) is 37.8 Å². The zero-order valence-corrected chi connectivity index (χ0v) is 11.6. The van der Waals surface area contributed by atoms with E-state index in [4.69, 9.17) is 0 Å². The zero-order chi connectivity index (χ0) is 13.8. The Labute approximate surface area is 118 Å². The van der Waals surface area contributed by atoms with Crippen LogP contribution in [0, 0.1) is 0 Å². The highest BCUT2D eigenvalue weighted by Gasteiger charge is 2.35. The van der Waals surface area contributed by atoms with E-state index in [1.165, 1.54) is 0 Å². The Morgan fingerprint density at radius 3 is 2.95 bits per heavy atom. The maximum absolute atomic E-state index is 12.4. The molecule has 2 fully saturated rings. The van der Waals surface area contributed by atoms with Crippen molar-refractivity contribution in [1.29, 1.82) is 0 Å². The minimum atomic E-state index is -0.0138. The van der Waals surface area contributed by atoms with Crippen molar-refractivity contribution in [1.82, 2.24) is 20.4 Å². The summed E-state index contributed by atoms with van der Waals surface area (Å²) in [7, 11) is 0. The molecule has 0 spiro atoms. The molecular formula is C14H21N5O. The minimum absolute atomic E-state index is 0.0138. The molecule has 1 aromatic heterocycles. The van der Waals surface area contributed by atoms with E-state index in [1.807, 2.05) is 0 Å². The molecule has 3 heterocycles. The number of likely N-dealkylation sites (tertiary alicyclic amines) is 1. The minimum Gasteiger partial charge on any atom is -0.317 e. The third-order valence-electron chi connectivity index (χ3n) is 4.20. The van der Waals surface area contributed by atoms with E-state index in [2.05, 4.69) is 25.7 Å². The maximum Gasteiger partial charge on any atom is 0.242 e. The topological polar surface area (TPSA) is 70.2 Å². The molecule has 0 saturated carbocycles. The third kappa shape index (κ3) is 2.96. The van der Waals surface area contributed by atoms with Gasteiger partial charge in [-0.05, 0) is 57.5 Å². The molecule has 1 atom stereocenters. The number of amides is 1. The highest BCUT2D eigenvalue weighted by atomic mass is 16.2. The Morgan fingerprint density at radius 1 is 1.35 bits per heavy atom. The monoisotopic (exact) mass is 275 g/mol. The van der Waals surface area contributed by atoms with Crippen molar-refractivity contribution in [2.75, 3.05) is 25.0 Å². The van der Waals surface area contributed by atoms with E-state index in [-0.39, 0.29) is 11.9 Å². The van der Waals surface area contributed by atoms with Gasteiger partial charge in [-0.25, -0.2) is 0 Å². The second-order valence-electron chi connectivity index (χ2n) is 5.48. The van der Waals surface area contributed by atoms with Gasteiger partial charge in [-0.15, -0.1) is 5.10 Å². The molecule has 1 aromatic rings. The van der Waals surface area contributed by atoms with E-state index in [0.717, 1.165) is 45.3 Å². The van der Waals surface area contributed by atoms with Crippen LogP contribution < -0.4 is 10.6 Å². The summed E-state index contributed by atoms with van der Waals surface area (Å²) < 4.78 is 0. The molecule has 2 saturated heterocycles. The van der Waals surface area contributed by atoms with Crippen LogP contribution in [0.5, 0.6) is 0 Å². The summed E-state index contributed by atoms with van der Waals surface area (Å²) in [4.78, 5) is 14.8. The Kier molecular flexibility index (Phi) is 4.22. The van der Waals surface area contributed by atoms with E-state index in [0.29, 0.717) is 11.9 Å². The normalized spacial score (nSPS) is 24.7. The largest absolute Gasteiger partial charge is 0.317 e. The van der Waals surface area contributed by atoms with Gasteiger partial charge in [0.15, 0.2) is 5.82 Å². The van der Waals surface area contributed by atoms with Crippen LogP contribution in [0.1, 0.15) is 25.7 Å². The van der Waals surface area contributed by atoms with Crippen molar-refractivity contribution < 1.29 is 4.79 Å². The van der Waals surface area contributed by atoms with Gasteiger partial charge in [0, 0.05) is 12.2 Å². The van der Waals surface area contributed by atoms with Gasteiger partial charge in [0.05, 0.1) is 6.04 Å². The summed E-state index contributed by atoms with van der Waals surface area (Å²) in [5.74, 6) is 0.594. The summed E-state index contributed by atoms with van der Waals surface area (Å²) in [6.07, 6.45) is 5.91. The van der Waals surface area contributed by atoms with Gasteiger partial charge in [0.1, 0.15) is 0 Å². The van der Waals surface area contributed by atoms with Crippen molar-refractivity contribution in [3.05, 3.63) is 18.3 Å². The highest BCUT2D eigenvalue weighted by molar-refractivity contribution is 5.94. The molecule has 0 radical (unpaired) electrons. The fourth-order valence-corrected chi connectivity index (χ4v) is 3.22. The summed E-state index contributed by atoms with van der Waals surface area (Å²) in [5.41, 5.74) is 0. The van der Waals surface area contributed by atoms with Crippen LogP contribution in [0.25, 0.3) is 0 Å². The molecule has 0 aromatic carbocycles. The fraction of sp³-hybridized carbons (Fsp3) is 0.643. The molecule has 2 aliphatic rings. The molecule has 108 valence electrons. The standard InChI is InChI=1S/C14H21N5O/c20-14(17-13-4-1-7-16-18-13)12-3-2-10-19(12)11-5-8-15-9-6-11/h1,4,7,11-12,15H,2-3,5-6,8-10H2,(H,17,18,20). The van der Waals surface area contributed by atoms with Gasteiger partial charge < -0.3 is 10.6 Å². The number of hydrogen-bond donors (Lipinski definition) is 2. The van der Waals surface area contributed by atoms with Crippen LogP contribution in [0.4, 0.5) is 5.82 Å². The van der Waals surface area contributed by atoms with E-state index < -0.39 is 0 Å². The average Bonchev–Trinajstić information content (AvgIpc) is 2.99. The van der Waals surface area contributed by atoms with Crippen LogP contribution in [-0.4, -0.2) is 52.7 Å². The summed E-state index contributed by atoms with van der Waals surface area (Å²) >= 11 is 0. The number of hydrogen-bond acceptors (Lipinski definition) is 5. The van der Waals surface area contributed by atoms with Crippen LogP contribution in [0.15, 0.2) is 18.3 Å². The Bertz CT molecular complexity index is 446. The van der Waals surface area contributed by atoms with Gasteiger partial charge in [-0.2, -0.15) is 5.10 Å². The predicted octanol–water partition coefficient (Wildman–Crippen LogP) is 0.631. The zero-order valence-electron chi connectivity index (χ0n) is 11.6.